The standard InChI is InChI=1S/C30H21F6NO3/c31-29(32,33)20-14-21(30(34,35)36)16-22(15-20)37-27(39)25-19(13-24(38)18-9-5-2-6-10-18)11-12-23(26(25)28(37)40)17-7-3-1-4-8-17/h1-12,14-16,19,23,25-26H,13H2/t19-,23+,25?,26?/m1/s1. The molecule has 0 bridgehead atoms. The number of benzene rings is 3. The zero-order chi connectivity index (χ0) is 28.8. The molecule has 1 fully saturated rings. The van der Waals surface area contributed by atoms with E-state index in [9.17, 15) is 40.7 Å². The number of allylic oxidation sites excluding steroid dienone is 2. The quantitative estimate of drug-likeness (QED) is 0.146. The monoisotopic (exact) mass is 557 g/mol. The second kappa shape index (κ2) is 10.1. The summed E-state index contributed by atoms with van der Waals surface area (Å²) < 4.78 is 81.4. The highest BCUT2D eigenvalue weighted by Crippen LogP contribution is 2.49. The van der Waals surface area contributed by atoms with Gasteiger partial charge in [-0.05, 0) is 29.7 Å². The molecule has 1 aliphatic heterocycles. The zero-order valence-corrected chi connectivity index (χ0v) is 20.6. The van der Waals surface area contributed by atoms with Crippen molar-refractivity contribution in [3.63, 3.8) is 0 Å². The first kappa shape index (κ1) is 27.4. The maximum Gasteiger partial charge on any atom is 0.416 e. The van der Waals surface area contributed by atoms with Gasteiger partial charge in [-0.1, -0.05) is 72.8 Å². The van der Waals surface area contributed by atoms with Crippen LogP contribution in [-0.2, 0) is 21.9 Å². The van der Waals surface area contributed by atoms with Gasteiger partial charge in [0, 0.05) is 17.9 Å². The van der Waals surface area contributed by atoms with Crippen LogP contribution in [0.25, 0.3) is 0 Å². The third-order valence-corrected chi connectivity index (χ3v) is 7.34. The zero-order valence-electron chi connectivity index (χ0n) is 20.6. The predicted molar refractivity (Wildman–Crippen MR) is 133 cm³/mol. The van der Waals surface area contributed by atoms with E-state index < -0.39 is 64.7 Å². The minimum atomic E-state index is -5.16. The fourth-order valence-electron chi connectivity index (χ4n) is 5.51. The van der Waals surface area contributed by atoms with Crippen molar-refractivity contribution in [2.45, 2.75) is 24.7 Å². The molecule has 2 amide bonds. The second-order valence-corrected chi connectivity index (χ2v) is 9.81. The van der Waals surface area contributed by atoms with Crippen molar-refractivity contribution in [1.82, 2.24) is 0 Å². The number of carbonyl (C=O) groups is 3. The van der Waals surface area contributed by atoms with Gasteiger partial charge < -0.3 is 0 Å². The normalized spacial score (nSPS) is 22.9. The highest BCUT2D eigenvalue weighted by molar-refractivity contribution is 6.23. The minimum absolute atomic E-state index is 0.0583. The number of ketones is 1. The summed E-state index contributed by atoms with van der Waals surface area (Å²) in [5.74, 6) is -5.95. The molecule has 1 heterocycles. The molecule has 0 saturated carbocycles. The van der Waals surface area contributed by atoms with Crippen molar-refractivity contribution < 1.29 is 40.7 Å². The topological polar surface area (TPSA) is 54.5 Å². The lowest BCUT2D eigenvalue weighted by molar-refractivity contribution is -0.143. The number of hydrogen-bond acceptors (Lipinski definition) is 3. The fraction of sp³-hybridized carbons (Fsp3) is 0.233. The van der Waals surface area contributed by atoms with E-state index in [1.807, 2.05) is 0 Å². The van der Waals surface area contributed by atoms with E-state index in [-0.39, 0.29) is 18.3 Å². The van der Waals surface area contributed by atoms with Crippen molar-refractivity contribution in [1.29, 1.82) is 0 Å². The Bertz CT molecular complexity index is 1450. The molecule has 206 valence electrons. The fourth-order valence-corrected chi connectivity index (χ4v) is 5.51. The smallest absolute Gasteiger partial charge is 0.294 e. The van der Waals surface area contributed by atoms with E-state index in [4.69, 9.17) is 0 Å². The van der Waals surface area contributed by atoms with Crippen LogP contribution in [-0.4, -0.2) is 17.6 Å². The maximum absolute atomic E-state index is 13.8. The average molecular weight is 557 g/mol. The van der Waals surface area contributed by atoms with Gasteiger partial charge in [-0.15, -0.1) is 0 Å². The number of alkyl halides is 6. The van der Waals surface area contributed by atoms with Crippen LogP contribution in [0.2, 0.25) is 0 Å². The number of imide groups is 1. The largest absolute Gasteiger partial charge is 0.416 e. The Kier molecular flexibility index (Phi) is 6.89. The summed E-state index contributed by atoms with van der Waals surface area (Å²) >= 11 is 0. The second-order valence-electron chi connectivity index (χ2n) is 9.81. The molecule has 1 saturated heterocycles. The van der Waals surface area contributed by atoms with Crippen LogP contribution < -0.4 is 4.90 Å². The number of carbonyl (C=O) groups excluding carboxylic acids is 3. The lowest BCUT2D eigenvalue weighted by Gasteiger charge is -2.32. The first-order valence-electron chi connectivity index (χ1n) is 12.3. The molecule has 10 heteroatoms. The number of fused-ring (bicyclic) bond motifs is 1. The van der Waals surface area contributed by atoms with Crippen LogP contribution in [0.5, 0.6) is 0 Å². The summed E-state index contributed by atoms with van der Waals surface area (Å²) in [5, 5.41) is 0. The molecule has 2 aliphatic rings. The number of Topliss-reactive ketones (excluding diaryl/α,β-unsaturated/α-hetero) is 1. The van der Waals surface area contributed by atoms with Crippen LogP contribution in [0.4, 0.5) is 32.0 Å². The number of rotatable bonds is 5. The van der Waals surface area contributed by atoms with Gasteiger partial charge in [-0.25, -0.2) is 4.90 Å². The van der Waals surface area contributed by atoms with Crippen molar-refractivity contribution >= 4 is 23.3 Å². The minimum Gasteiger partial charge on any atom is -0.294 e. The van der Waals surface area contributed by atoms with Crippen molar-refractivity contribution in [2.24, 2.45) is 17.8 Å². The van der Waals surface area contributed by atoms with E-state index in [1.165, 1.54) is 0 Å². The summed E-state index contributed by atoms with van der Waals surface area (Å²) in [5.41, 5.74) is -3.07. The molecule has 40 heavy (non-hydrogen) atoms. The third kappa shape index (κ3) is 5.05. The van der Waals surface area contributed by atoms with Gasteiger partial charge in [-0.3, -0.25) is 14.4 Å². The van der Waals surface area contributed by atoms with Gasteiger partial charge in [0.05, 0.1) is 28.7 Å². The van der Waals surface area contributed by atoms with Gasteiger partial charge in [-0.2, -0.15) is 26.3 Å². The number of halogens is 6. The van der Waals surface area contributed by atoms with E-state index in [0.29, 0.717) is 28.2 Å². The summed E-state index contributed by atoms with van der Waals surface area (Å²) in [4.78, 5) is 41.0. The molecule has 5 rings (SSSR count). The first-order chi connectivity index (χ1) is 18.9. The Labute approximate surface area is 224 Å². The number of nitrogens with zero attached hydrogens (tertiary/aromatic N) is 1. The van der Waals surface area contributed by atoms with Crippen LogP contribution in [0, 0.1) is 17.8 Å². The molecule has 4 atom stereocenters. The molecule has 0 radical (unpaired) electrons. The molecule has 0 aromatic heterocycles. The van der Waals surface area contributed by atoms with E-state index in [1.54, 1.807) is 72.8 Å². The molecule has 3 aromatic rings. The first-order valence-corrected chi connectivity index (χ1v) is 12.3. The summed E-state index contributed by atoms with van der Waals surface area (Å²) in [7, 11) is 0. The Morgan fingerprint density at radius 3 is 1.77 bits per heavy atom. The van der Waals surface area contributed by atoms with E-state index in [2.05, 4.69) is 0 Å². The van der Waals surface area contributed by atoms with E-state index >= 15 is 0 Å². The summed E-state index contributed by atoms with van der Waals surface area (Å²) in [6, 6.07) is 17.5. The van der Waals surface area contributed by atoms with Gasteiger partial charge in [0.2, 0.25) is 11.8 Å². The Hall–Kier alpha value is -4.21. The molecule has 3 aromatic carbocycles. The highest BCUT2D eigenvalue weighted by atomic mass is 19.4. The lowest BCUT2D eigenvalue weighted by atomic mass is 9.68. The van der Waals surface area contributed by atoms with Gasteiger partial charge in [0.25, 0.3) is 0 Å². The van der Waals surface area contributed by atoms with Crippen LogP contribution in [0.15, 0.2) is 91.0 Å². The molecular weight excluding hydrogens is 536 g/mol. The SMILES string of the molecule is O=C(C[C@H]1C=C[C@@H](c2ccccc2)C2C(=O)N(c3cc(C(F)(F)F)cc(C(F)(F)F)c3)C(=O)C21)c1ccccc1. The third-order valence-electron chi connectivity index (χ3n) is 7.34. The molecule has 2 unspecified atom stereocenters. The van der Waals surface area contributed by atoms with Crippen LogP contribution >= 0.6 is 0 Å². The van der Waals surface area contributed by atoms with Crippen molar-refractivity contribution in [3.05, 3.63) is 113 Å². The van der Waals surface area contributed by atoms with Gasteiger partial charge >= 0.3 is 12.4 Å². The number of hydrogen-bond donors (Lipinski definition) is 0. The number of anilines is 1. The van der Waals surface area contributed by atoms with Crippen molar-refractivity contribution in [2.75, 3.05) is 4.90 Å². The highest BCUT2D eigenvalue weighted by Gasteiger charge is 2.56. The van der Waals surface area contributed by atoms with Crippen molar-refractivity contribution in [3.8, 4) is 0 Å². The average Bonchev–Trinajstić information content (AvgIpc) is 3.19. The molecule has 1 aliphatic carbocycles. The number of amides is 2. The Morgan fingerprint density at radius 2 is 1.23 bits per heavy atom. The maximum atomic E-state index is 13.8. The molecule has 0 N–H and O–H groups in total. The van der Waals surface area contributed by atoms with Crippen LogP contribution in [0.3, 0.4) is 0 Å². The molecule has 4 nitrogen and oxygen atoms in total. The van der Waals surface area contributed by atoms with Gasteiger partial charge in [0.1, 0.15) is 0 Å². The van der Waals surface area contributed by atoms with E-state index in [0.717, 1.165) is 0 Å². The molecule has 0 spiro atoms. The predicted octanol–water partition coefficient (Wildman–Crippen LogP) is 7.07. The van der Waals surface area contributed by atoms with Gasteiger partial charge in [0.15, 0.2) is 5.78 Å². The summed E-state index contributed by atoms with van der Waals surface area (Å²) in [6.45, 7) is 0. The lowest BCUT2D eigenvalue weighted by Crippen LogP contribution is -2.34. The Morgan fingerprint density at radius 1 is 0.700 bits per heavy atom. The van der Waals surface area contributed by atoms with Crippen LogP contribution in [0.1, 0.15) is 39.4 Å². The summed E-state index contributed by atoms with van der Waals surface area (Å²) in [6.07, 6.45) is -7.17. The Balaban J connectivity index is 1.60. The molecular formula is C30H21F6NO3.